The van der Waals surface area contributed by atoms with Gasteiger partial charge in [0.05, 0.1) is 22.3 Å². The third-order valence-corrected chi connectivity index (χ3v) is 6.45. The number of rotatable bonds is 5. The van der Waals surface area contributed by atoms with Gasteiger partial charge in [0.15, 0.2) is 5.78 Å². The van der Waals surface area contributed by atoms with E-state index in [4.69, 9.17) is 17.3 Å². The lowest BCUT2D eigenvalue weighted by atomic mass is 9.95. The number of aromatic nitrogens is 1. The van der Waals surface area contributed by atoms with Gasteiger partial charge < -0.3 is 16.0 Å². The monoisotopic (exact) mass is 470 g/mol. The van der Waals surface area contributed by atoms with Gasteiger partial charge in [0, 0.05) is 24.5 Å². The summed E-state index contributed by atoms with van der Waals surface area (Å²) >= 11 is 5.83. The molecule has 172 valence electrons. The van der Waals surface area contributed by atoms with Crippen molar-refractivity contribution in [3.05, 3.63) is 65.1 Å². The maximum Gasteiger partial charge on any atom is 0.323 e. The van der Waals surface area contributed by atoms with E-state index in [1.165, 1.54) is 21.7 Å². The number of benzene rings is 2. The zero-order valence-electron chi connectivity index (χ0n) is 18.1. The lowest BCUT2D eigenvalue weighted by Gasteiger charge is -2.26. The topological polar surface area (TPSA) is 97.4 Å². The average Bonchev–Trinajstić information content (AvgIpc) is 3.35. The Labute approximate surface area is 195 Å². The summed E-state index contributed by atoms with van der Waals surface area (Å²) in [6.07, 6.45) is 2.45. The average molecular weight is 471 g/mol. The second-order valence-electron chi connectivity index (χ2n) is 8.28. The maximum atomic E-state index is 14.2. The number of carbonyl (C=O) groups is 3. The van der Waals surface area contributed by atoms with Crippen molar-refractivity contribution in [3.63, 3.8) is 0 Å². The molecule has 3 N–H and O–H groups in total. The SMILES string of the molecule is C[C@@H]1CCN(C(=O)Nc2cn(C(N)=O)c3ccccc23)[C@@H]1C(=O)CCc1cccc(Cl)c1F. The minimum Gasteiger partial charge on any atom is -0.351 e. The van der Waals surface area contributed by atoms with Crippen molar-refractivity contribution < 1.29 is 18.8 Å². The van der Waals surface area contributed by atoms with Gasteiger partial charge >= 0.3 is 12.1 Å². The highest BCUT2D eigenvalue weighted by molar-refractivity contribution is 6.30. The van der Waals surface area contributed by atoms with Crippen molar-refractivity contribution in [1.82, 2.24) is 9.47 Å². The van der Waals surface area contributed by atoms with E-state index in [-0.39, 0.29) is 29.6 Å². The van der Waals surface area contributed by atoms with Crippen molar-refractivity contribution in [1.29, 1.82) is 0 Å². The molecule has 1 fully saturated rings. The summed E-state index contributed by atoms with van der Waals surface area (Å²) < 4.78 is 15.5. The zero-order valence-corrected chi connectivity index (χ0v) is 18.8. The Morgan fingerprint density at radius 2 is 1.94 bits per heavy atom. The molecule has 2 heterocycles. The van der Waals surface area contributed by atoms with Crippen LogP contribution >= 0.6 is 11.6 Å². The van der Waals surface area contributed by atoms with Crippen LogP contribution in [0.1, 0.15) is 25.3 Å². The minimum absolute atomic E-state index is 0.0188. The predicted molar refractivity (Wildman–Crippen MR) is 125 cm³/mol. The van der Waals surface area contributed by atoms with Crippen LogP contribution < -0.4 is 11.1 Å². The van der Waals surface area contributed by atoms with Crippen LogP contribution in [0.2, 0.25) is 5.02 Å². The number of amides is 3. The fourth-order valence-corrected chi connectivity index (χ4v) is 4.66. The summed E-state index contributed by atoms with van der Waals surface area (Å²) in [5.41, 5.74) is 6.83. The van der Waals surface area contributed by atoms with E-state index in [2.05, 4.69) is 5.32 Å². The summed E-state index contributed by atoms with van der Waals surface area (Å²) in [4.78, 5) is 39.5. The molecule has 1 aromatic heterocycles. The first-order chi connectivity index (χ1) is 15.8. The number of Topliss-reactive ketones (excluding diaryl/α,β-unsaturated/α-hetero) is 1. The number of hydrogen-bond acceptors (Lipinski definition) is 3. The number of urea groups is 1. The molecule has 33 heavy (non-hydrogen) atoms. The Morgan fingerprint density at radius 1 is 1.18 bits per heavy atom. The molecule has 1 aliphatic heterocycles. The van der Waals surface area contributed by atoms with Crippen LogP contribution in [-0.2, 0) is 11.2 Å². The van der Waals surface area contributed by atoms with Crippen molar-refractivity contribution in [2.75, 3.05) is 11.9 Å². The van der Waals surface area contributed by atoms with Crippen LogP contribution in [0.15, 0.2) is 48.7 Å². The second kappa shape index (κ2) is 9.23. The van der Waals surface area contributed by atoms with Gasteiger partial charge in [-0.15, -0.1) is 0 Å². The molecule has 3 amide bonds. The summed E-state index contributed by atoms with van der Waals surface area (Å²) in [5.74, 6) is -0.680. The summed E-state index contributed by atoms with van der Waals surface area (Å²) in [7, 11) is 0. The maximum absolute atomic E-state index is 14.2. The zero-order chi connectivity index (χ0) is 23.7. The molecule has 0 radical (unpaired) electrons. The molecule has 0 unspecified atom stereocenters. The van der Waals surface area contributed by atoms with Gasteiger partial charge in [-0.25, -0.2) is 14.0 Å². The minimum atomic E-state index is -0.664. The number of para-hydroxylation sites is 1. The number of fused-ring (bicyclic) bond motifs is 1. The van der Waals surface area contributed by atoms with E-state index in [9.17, 15) is 18.8 Å². The molecule has 0 saturated carbocycles. The number of primary amides is 1. The van der Waals surface area contributed by atoms with Crippen LogP contribution in [0, 0.1) is 11.7 Å². The van der Waals surface area contributed by atoms with Crippen molar-refractivity contribution in [3.8, 4) is 0 Å². The number of nitrogens with zero attached hydrogens (tertiary/aromatic N) is 2. The van der Waals surface area contributed by atoms with E-state index < -0.39 is 23.9 Å². The van der Waals surface area contributed by atoms with Crippen LogP contribution in [0.25, 0.3) is 10.9 Å². The molecule has 9 heteroatoms. The van der Waals surface area contributed by atoms with Gasteiger partial charge in [-0.1, -0.05) is 48.9 Å². The lowest BCUT2D eigenvalue weighted by molar-refractivity contribution is -0.123. The molecule has 0 spiro atoms. The Balaban J connectivity index is 1.51. The predicted octanol–water partition coefficient (Wildman–Crippen LogP) is 4.80. The normalized spacial score (nSPS) is 18.0. The van der Waals surface area contributed by atoms with Gasteiger partial charge in [0.25, 0.3) is 0 Å². The van der Waals surface area contributed by atoms with Crippen molar-refractivity contribution in [2.45, 2.75) is 32.2 Å². The number of aryl methyl sites for hydroxylation is 1. The van der Waals surface area contributed by atoms with Crippen LogP contribution in [-0.4, -0.2) is 39.9 Å². The van der Waals surface area contributed by atoms with Crippen LogP contribution in [0.3, 0.4) is 0 Å². The first-order valence-electron chi connectivity index (χ1n) is 10.7. The number of anilines is 1. The van der Waals surface area contributed by atoms with Crippen molar-refractivity contribution >= 4 is 46.0 Å². The molecule has 7 nitrogen and oxygen atoms in total. The van der Waals surface area contributed by atoms with E-state index in [0.717, 1.165) is 0 Å². The third kappa shape index (κ3) is 4.43. The molecular weight excluding hydrogens is 447 g/mol. The van der Waals surface area contributed by atoms with E-state index in [0.29, 0.717) is 35.1 Å². The fourth-order valence-electron chi connectivity index (χ4n) is 4.46. The standard InChI is InChI=1S/C24H24ClFN4O3/c1-14-11-12-29(22(14)20(31)10-9-15-5-4-7-17(25)21(15)26)24(33)28-18-13-30(23(27)32)19-8-3-2-6-16(18)19/h2-8,13-14,22H,9-12H2,1H3,(H2,27,32)(H,28,33)/t14-,22+/m1/s1. The number of nitrogens with two attached hydrogens (primary N) is 1. The number of likely N-dealkylation sites (tertiary alicyclic amines) is 1. The summed E-state index contributed by atoms with van der Waals surface area (Å²) in [6, 6.07) is 10.1. The number of halogens is 2. The molecule has 0 bridgehead atoms. The van der Waals surface area contributed by atoms with Crippen molar-refractivity contribution in [2.24, 2.45) is 11.7 Å². The van der Waals surface area contributed by atoms with Gasteiger partial charge in [0.1, 0.15) is 5.82 Å². The highest BCUT2D eigenvalue weighted by Crippen LogP contribution is 2.30. The van der Waals surface area contributed by atoms with Crippen LogP contribution in [0.4, 0.5) is 19.7 Å². The fraction of sp³-hybridized carbons (Fsp3) is 0.292. The largest absolute Gasteiger partial charge is 0.351 e. The molecule has 2 atom stereocenters. The Morgan fingerprint density at radius 3 is 2.70 bits per heavy atom. The highest BCUT2D eigenvalue weighted by Gasteiger charge is 2.39. The number of hydrogen-bond donors (Lipinski definition) is 2. The number of nitrogens with one attached hydrogen (secondary N) is 1. The second-order valence-corrected chi connectivity index (χ2v) is 8.69. The molecule has 0 aliphatic carbocycles. The third-order valence-electron chi connectivity index (χ3n) is 6.15. The smallest absolute Gasteiger partial charge is 0.323 e. The molecular formula is C24H24ClFN4O3. The first-order valence-corrected chi connectivity index (χ1v) is 11.1. The highest BCUT2D eigenvalue weighted by atomic mass is 35.5. The molecule has 1 saturated heterocycles. The Bertz CT molecular complexity index is 1240. The Hall–Kier alpha value is -3.39. The van der Waals surface area contributed by atoms with Crippen LogP contribution in [0.5, 0.6) is 0 Å². The summed E-state index contributed by atoms with van der Waals surface area (Å²) in [5, 5.41) is 3.51. The molecule has 3 aromatic rings. The van der Waals surface area contributed by atoms with Gasteiger partial charge in [-0.05, 0) is 36.5 Å². The van der Waals surface area contributed by atoms with E-state index >= 15 is 0 Å². The summed E-state index contributed by atoms with van der Waals surface area (Å²) in [6.45, 7) is 2.35. The Kier molecular flexibility index (Phi) is 6.37. The lowest BCUT2D eigenvalue weighted by Crippen LogP contribution is -2.45. The van der Waals surface area contributed by atoms with Gasteiger partial charge in [0.2, 0.25) is 0 Å². The molecule has 1 aliphatic rings. The van der Waals surface area contributed by atoms with E-state index in [1.807, 2.05) is 6.92 Å². The quantitative estimate of drug-likeness (QED) is 0.560. The molecule has 2 aromatic carbocycles. The number of carbonyl (C=O) groups excluding carboxylic acids is 3. The van der Waals surface area contributed by atoms with Gasteiger partial charge in [-0.3, -0.25) is 9.36 Å². The molecule has 4 rings (SSSR count). The van der Waals surface area contributed by atoms with Gasteiger partial charge in [-0.2, -0.15) is 0 Å². The first kappa shape index (κ1) is 22.8. The van der Waals surface area contributed by atoms with E-state index in [1.54, 1.807) is 36.4 Å². The number of ketones is 1.